The van der Waals surface area contributed by atoms with Gasteiger partial charge in [0.25, 0.3) is 0 Å². The van der Waals surface area contributed by atoms with E-state index in [4.69, 9.17) is 4.74 Å². The van der Waals surface area contributed by atoms with Crippen LogP contribution >= 0.6 is 0 Å². The summed E-state index contributed by atoms with van der Waals surface area (Å²) in [6.07, 6.45) is 0.365. The van der Waals surface area contributed by atoms with Crippen molar-refractivity contribution < 1.29 is 19.7 Å². The largest absolute Gasteiger partial charge is 0.508 e. The number of rotatable bonds is 5. The summed E-state index contributed by atoms with van der Waals surface area (Å²) < 4.78 is 5.05. The summed E-state index contributed by atoms with van der Waals surface area (Å²) in [5.41, 5.74) is -1.83. The van der Waals surface area contributed by atoms with Crippen LogP contribution in [0, 0.1) is 5.41 Å². The summed E-state index contributed by atoms with van der Waals surface area (Å²) in [6, 6.07) is 6.24. The molecule has 1 atom stereocenters. The topological polar surface area (TPSA) is 66.8 Å². The SMILES string of the molecule is CCOC(=O)C(C)(C)C(O)(CC)c1ccc(O)cc1. The molecule has 0 saturated carbocycles. The third-order valence-corrected chi connectivity index (χ3v) is 3.68. The third-order valence-electron chi connectivity index (χ3n) is 3.68. The van der Waals surface area contributed by atoms with Crippen LogP contribution < -0.4 is 0 Å². The summed E-state index contributed by atoms with van der Waals surface area (Å²) >= 11 is 0. The van der Waals surface area contributed by atoms with Crippen LogP contribution in [0.5, 0.6) is 5.75 Å². The molecule has 0 aromatic heterocycles. The molecule has 0 aliphatic rings. The van der Waals surface area contributed by atoms with Crippen molar-refractivity contribution in [1.29, 1.82) is 0 Å². The van der Waals surface area contributed by atoms with E-state index in [1.165, 1.54) is 12.1 Å². The molecule has 0 bridgehead atoms. The Balaban J connectivity index is 3.22. The van der Waals surface area contributed by atoms with E-state index in [1.54, 1.807) is 32.9 Å². The minimum absolute atomic E-state index is 0.121. The van der Waals surface area contributed by atoms with E-state index >= 15 is 0 Å². The highest BCUT2D eigenvalue weighted by molar-refractivity contribution is 5.78. The van der Waals surface area contributed by atoms with Crippen molar-refractivity contribution in [3.8, 4) is 5.75 Å². The molecular weight excluding hydrogens is 244 g/mol. The van der Waals surface area contributed by atoms with Crippen LogP contribution in [0.15, 0.2) is 24.3 Å². The van der Waals surface area contributed by atoms with Crippen molar-refractivity contribution in [2.75, 3.05) is 6.61 Å². The fourth-order valence-electron chi connectivity index (χ4n) is 2.22. The normalized spacial score (nSPS) is 14.8. The first-order chi connectivity index (χ1) is 8.79. The minimum Gasteiger partial charge on any atom is -0.508 e. The average molecular weight is 266 g/mol. The molecule has 2 N–H and O–H groups in total. The van der Waals surface area contributed by atoms with Gasteiger partial charge in [-0.25, -0.2) is 0 Å². The number of hydrogen-bond donors (Lipinski definition) is 2. The van der Waals surface area contributed by atoms with Gasteiger partial charge < -0.3 is 14.9 Å². The highest BCUT2D eigenvalue weighted by atomic mass is 16.5. The van der Waals surface area contributed by atoms with E-state index in [2.05, 4.69) is 0 Å². The first-order valence-corrected chi connectivity index (χ1v) is 6.48. The number of phenolic OH excluding ortho intramolecular Hbond substituents is 1. The van der Waals surface area contributed by atoms with E-state index in [1.807, 2.05) is 6.92 Å². The van der Waals surface area contributed by atoms with Crippen molar-refractivity contribution in [1.82, 2.24) is 0 Å². The number of phenols is 1. The lowest BCUT2D eigenvalue weighted by molar-refractivity contribution is -0.173. The van der Waals surface area contributed by atoms with E-state index in [0.29, 0.717) is 12.0 Å². The van der Waals surface area contributed by atoms with Gasteiger partial charge in [-0.15, -0.1) is 0 Å². The van der Waals surface area contributed by atoms with Gasteiger partial charge in [0, 0.05) is 0 Å². The Hall–Kier alpha value is -1.55. The fourth-order valence-corrected chi connectivity index (χ4v) is 2.22. The van der Waals surface area contributed by atoms with Gasteiger partial charge in [-0.1, -0.05) is 19.1 Å². The molecule has 4 heteroatoms. The Labute approximate surface area is 114 Å². The van der Waals surface area contributed by atoms with Gasteiger partial charge in [-0.05, 0) is 44.9 Å². The van der Waals surface area contributed by atoms with Crippen LogP contribution in [0.25, 0.3) is 0 Å². The predicted molar refractivity (Wildman–Crippen MR) is 72.7 cm³/mol. The molecule has 1 rings (SSSR count). The molecule has 0 aliphatic carbocycles. The lowest BCUT2D eigenvalue weighted by atomic mass is 9.69. The van der Waals surface area contributed by atoms with Gasteiger partial charge in [0.05, 0.1) is 12.0 Å². The van der Waals surface area contributed by atoms with E-state index < -0.39 is 17.0 Å². The molecule has 0 saturated heterocycles. The molecule has 4 nitrogen and oxygen atoms in total. The number of carbonyl (C=O) groups excluding carboxylic acids is 1. The van der Waals surface area contributed by atoms with Gasteiger partial charge >= 0.3 is 5.97 Å². The minimum atomic E-state index is -1.34. The van der Waals surface area contributed by atoms with E-state index in [9.17, 15) is 15.0 Å². The van der Waals surface area contributed by atoms with Crippen LogP contribution in [-0.2, 0) is 15.1 Å². The molecule has 19 heavy (non-hydrogen) atoms. The molecule has 1 aromatic rings. The molecule has 0 radical (unpaired) electrons. The summed E-state index contributed by atoms with van der Waals surface area (Å²) in [4.78, 5) is 12.1. The van der Waals surface area contributed by atoms with Crippen molar-refractivity contribution in [3.63, 3.8) is 0 Å². The van der Waals surface area contributed by atoms with Crippen molar-refractivity contribution in [3.05, 3.63) is 29.8 Å². The predicted octanol–water partition coefficient (Wildman–Crippen LogP) is 2.58. The van der Waals surface area contributed by atoms with Gasteiger partial charge in [0.1, 0.15) is 11.4 Å². The molecule has 0 aliphatic heterocycles. The van der Waals surface area contributed by atoms with Crippen LogP contribution in [0.1, 0.15) is 39.7 Å². The second kappa shape index (κ2) is 5.61. The Morgan fingerprint density at radius 2 is 1.74 bits per heavy atom. The Bertz CT molecular complexity index is 436. The van der Waals surface area contributed by atoms with Gasteiger partial charge in [-0.3, -0.25) is 4.79 Å². The summed E-state index contributed by atoms with van der Waals surface area (Å²) in [6.45, 7) is 7.16. The highest BCUT2D eigenvalue weighted by Crippen LogP contribution is 2.43. The Morgan fingerprint density at radius 1 is 1.21 bits per heavy atom. The van der Waals surface area contributed by atoms with Crippen LogP contribution in [0.2, 0.25) is 0 Å². The third kappa shape index (κ3) is 2.73. The van der Waals surface area contributed by atoms with Crippen LogP contribution in [0.3, 0.4) is 0 Å². The van der Waals surface area contributed by atoms with Crippen molar-refractivity contribution in [2.24, 2.45) is 5.41 Å². The molecule has 106 valence electrons. The van der Waals surface area contributed by atoms with Crippen LogP contribution in [-0.4, -0.2) is 22.8 Å². The average Bonchev–Trinajstić information content (AvgIpc) is 2.38. The number of esters is 1. The Morgan fingerprint density at radius 3 is 2.16 bits per heavy atom. The monoisotopic (exact) mass is 266 g/mol. The van der Waals surface area contributed by atoms with Gasteiger partial charge in [0.2, 0.25) is 0 Å². The molecular formula is C15H22O4. The zero-order chi connectivity index (χ0) is 14.7. The summed E-state index contributed by atoms with van der Waals surface area (Å²) in [5, 5.41) is 20.2. The molecule has 0 heterocycles. The maximum atomic E-state index is 12.1. The number of aliphatic hydroxyl groups is 1. The number of carbonyl (C=O) groups is 1. The first-order valence-electron chi connectivity index (χ1n) is 6.48. The fraction of sp³-hybridized carbons (Fsp3) is 0.533. The lowest BCUT2D eigenvalue weighted by Gasteiger charge is -2.40. The number of hydrogen-bond acceptors (Lipinski definition) is 4. The number of ether oxygens (including phenoxy) is 1. The number of benzene rings is 1. The second-order valence-electron chi connectivity index (χ2n) is 5.11. The molecule has 1 unspecified atom stereocenters. The first kappa shape index (κ1) is 15.5. The molecule has 0 amide bonds. The molecule has 1 aromatic carbocycles. The molecule has 0 spiro atoms. The van der Waals surface area contributed by atoms with E-state index in [-0.39, 0.29) is 12.4 Å². The quantitative estimate of drug-likeness (QED) is 0.804. The maximum Gasteiger partial charge on any atom is 0.314 e. The lowest BCUT2D eigenvalue weighted by Crippen LogP contribution is -2.47. The van der Waals surface area contributed by atoms with Crippen LogP contribution in [0.4, 0.5) is 0 Å². The Kier molecular flexibility index (Phi) is 4.58. The van der Waals surface area contributed by atoms with Crippen molar-refractivity contribution in [2.45, 2.75) is 39.7 Å². The standard InChI is InChI=1S/C15H22O4/c1-5-15(18,11-7-9-12(16)10-8-11)14(3,4)13(17)19-6-2/h7-10,16,18H,5-6H2,1-4H3. The smallest absolute Gasteiger partial charge is 0.314 e. The van der Waals surface area contributed by atoms with E-state index in [0.717, 1.165) is 0 Å². The maximum absolute atomic E-state index is 12.1. The second-order valence-corrected chi connectivity index (χ2v) is 5.11. The highest BCUT2D eigenvalue weighted by Gasteiger charge is 2.49. The zero-order valence-electron chi connectivity index (χ0n) is 11.9. The summed E-state index contributed by atoms with van der Waals surface area (Å²) in [5.74, 6) is -0.316. The number of aromatic hydroxyl groups is 1. The summed E-state index contributed by atoms with van der Waals surface area (Å²) in [7, 11) is 0. The zero-order valence-corrected chi connectivity index (χ0v) is 11.9. The van der Waals surface area contributed by atoms with Gasteiger partial charge in [0.15, 0.2) is 0 Å². The van der Waals surface area contributed by atoms with Crippen molar-refractivity contribution >= 4 is 5.97 Å². The molecule has 0 fully saturated rings. The van der Waals surface area contributed by atoms with Gasteiger partial charge in [-0.2, -0.15) is 0 Å².